The van der Waals surface area contributed by atoms with E-state index in [1.807, 2.05) is 48.9 Å². The number of aromatic nitrogens is 2. The average molecular weight is 405 g/mol. The number of sulfonamides is 1. The molecule has 1 amide bonds. The Balaban J connectivity index is 1.59. The molecule has 0 atom stereocenters. The fraction of sp³-hybridized carbons (Fsp3) is 0.500. The van der Waals surface area contributed by atoms with E-state index in [1.165, 1.54) is 10.6 Å². The van der Waals surface area contributed by atoms with Gasteiger partial charge in [-0.3, -0.25) is 9.48 Å². The van der Waals surface area contributed by atoms with Crippen LogP contribution in [0.1, 0.15) is 40.2 Å². The van der Waals surface area contributed by atoms with E-state index in [-0.39, 0.29) is 5.91 Å². The number of benzene rings is 1. The minimum atomic E-state index is -3.12. The fourth-order valence-corrected chi connectivity index (χ4v) is 4.58. The lowest BCUT2D eigenvalue weighted by Crippen LogP contribution is -2.41. The molecule has 0 spiro atoms. The Hall–Kier alpha value is -2.19. The van der Waals surface area contributed by atoms with E-state index in [2.05, 4.69) is 10.4 Å². The second-order valence-corrected chi connectivity index (χ2v) is 9.49. The van der Waals surface area contributed by atoms with Crippen molar-refractivity contribution >= 4 is 15.9 Å². The third-order valence-electron chi connectivity index (χ3n) is 5.38. The van der Waals surface area contributed by atoms with Crippen LogP contribution in [-0.4, -0.2) is 54.3 Å². The zero-order chi connectivity index (χ0) is 20.3. The molecule has 0 radical (unpaired) electrons. The first-order valence-corrected chi connectivity index (χ1v) is 11.4. The summed E-state index contributed by atoms with van der Waals surface area (Å²) in [6, 6.07) is 10.0. The fourth-order valence-electron chi connectivity index (χ4n) is 3.71. The highest BCUT2D eigenvalue weighted by Crippen LogP contribution is 2.19. The van der Waals surface area contributed by atoms with Crippen LogP contribution in [0.4, 0.5) is 0 Å². The molecule has 0 aliphatic carbocycles. The average Bonchev–Trinajstić information content (AvgIpc) is 2.93. The number of amides is 1. The molecule has 1 N–H and O–H groups in total. The Morgan fingerprint density at radius 3 is 2.43 bits per heavy atom. The maximum absolute atomic E-state index is 12.7. The van der Waals surface area contributed by atoms with Crippen molar-refractivity contribution in [3.63, 3.8) is 0 Å². The molecule has 0 saturated carbocycles. The van der Waals surface area contributed by atoms with Crippen molar-refractivity contribution in [3.05, 3.63) is 52.8 Å². The summed E-state index contributed by atoms with van der Waals surface area (Å²) >= 11 is 0. The number of aryl methyl sites for hydroxylation is 1. The largest absolute Gasteiger partial charge is 0.352 e. The van der Waals surface area contributed by atoms with E-state index in [1.54, 1.807) is 0 Å². The van der Waals surface area contributed by atoms with Crippen molar-refractivity contribution in [2.24, 2.45) is 5.92 Å². The highest BCUT2D eigenvalue weighted by atomic mass is 32.2. The van der Waals surface area contributed by atoms with Crippen LogP contribution in [-0.2, 0) is 16.6 Å². The van der Waals surface area contributed by atoms with Gasteiger partial charge >= 0.3 is 0 Å². The SMILES string of the molecule is Cc1nn(Cc2ccccc2)c(C)c1C(=O)NCC1CCN(S(C)(=O)=O)CC1. The van der Waals surface area contributed by atoms with Crippen LogP contribution in [0.25, 0.3) is 0 Å². The van der Waals surface area contributed by atoms with E-state index in [4.69, 9.17) is 0 Å². The molecular formula is C20H28N4O3S. The molecule has 1 saturated heterocycles. The summed E-state index contributed by atoms with van der Waals surface area (Å²) in [5.41, 5.74) is 3.34. The van der Waals surface area contributed by atoms with E-state index < -0.39 is 10.0 Å². The summed E-state index contributed by atoms with van der Waals surface area (Å²) < 4.78 is 26.6. The smallest absolute Gasteiger partial charge is 0.255 e. The van der Waals surface area contributed by atoms with Gasteiger partial charge in [-0.1, -0.05) is 30.3 Å². The van der Waals surface area contributed by atoms with Gasteiger partial charge in [0, 0.05) is 25.3 Å². The lowest BCUT2D eigenvalue weighted by atomic mass is 9.98. The summed E-state index contributed by atoms with van der Waals surface area (Å²) in [7, 11) is -3.12. The van der Waals surface area contributed by atoms with Gasteiger partial charge in [-0.15, -0.1) is 0 Å². The highest BCUT2D eigenvalue weighted by Gasteiger charge is 2.26. The van der Waals surface area contributed by atoms with Crippen LogP contribution in [0.15, 0.2) is 30.3 Å². The number of rotatable bonds is 6. The number of nitrogens with one attached hydrogen (secondary N) is 1. The molecule has 2 aromatic rings. The molecule has 1 aliphatic rings. The normalized spacial score (nSPS) is 16.2. The van der Waals surface area contributed by atoms with Crippen molar-refractivity contribution in [1.82, 2.24) is 19.4 Å². The molecular weight excluding hydrogens is 376 g/mol. The summed E-state index contributed by atoms with van der Waals surface area (Å²) in [6.07, 6.45) is 2.77. The van der Waals surface area contributed by atoms with Crippen molar-refractivity contribution in [1.29, 1.82) is 0 Å². The Morgan fingerprint density at radius 2 is 1.82 bits per heavy atom. The number of hydrogen-bond donors (Lipinski definition) is 1. The third-order valence-corrected chi connectivity index (χ3v) is 6.68. The van der Waals surface area contributed by atoms with Gasteiger partial charge in [0.25, 0.3) is 5.91 Å². The molecule has 2 heterocycles. The van der Waals surface area contributed by atoms with Gasteiger partial charge in [0.15, 0.2) is 0 Å². The lowest BCUT2D eigenvalue weighted by molar-refractivity contribution is 0.0940. The summed E-state index contributed by atoms with van der Waals surface area (Å²) in [4.78, 5) is 12.7. The van der Waals surface area contributed by atoms with Gasteiger partial charge in [0.1, 0.15) is 0 Å². The highest BCUT2D eigenvalue weighted by molar-refractivity contribution is 7.88. The first-order valence-electron chi connectivity index (χ1n) is 9.57. The van der Waals surface area contributed by atoms with Gasteiger partial charge in [-0.05, 0) is 38.2 Å². The van der Waals surface area contributed by atoms with Crippen LogP contribution in [0.3, 0.4) is 0 Å². The Bertz CT molecular complexity index is 930. The monoisotopic (exact) mass is 404 g/mol. The van der Waals surface area contributed by atoms with Crippen molar-refractivity contribution < 1.29 is 13.2 Å². The first-order chi connectivity index (χ1) is 13.3. The second-order valence-electron chi connectivity index (χ2n) is 7.50. The molecule has 1 aliphatic heterocycles. The Labute approximate surface area is 166 Å². The second kappa shape index (κ2) is 8.45. The summed E-state index contributed by atoms with van der Waals surface area (Å²) in [6.45, 7) is 6.00. The predicted octanol–water partition coefficient (Wildman–Crippen LogP) is 1.95. The van der Waals surface area contributed by atoms with Crippen molar-refractivity contribution in [3.8, 4) is 0 Å². The quantitative estimate of drug-likeness (QED) is 0.798. The van der Waals surface area contributed by atoms with Gasteiger partial charge in [-0.2, -0.15) is 5.10 Å². The summed E-state index contributed by atoms with van der Waals surface area (Å²) in [5.74, 6) is 0.182. The molecule has 1 aromatic heterocycles. The van der Waals surface area contributed by atoms with E-state index in [9.17, 15) is 13.2 Å². The number of carbonyl (C=O) groups excluding carboxylic acids is 1. The standard InChI is InChI=1S/C20H28N4O3S/c1-15-19(16(2)24(22-15)14-18-7-5-4-6-8-18)20(25)21-13-17-9-11-23(12-10-17)28(3,26)27/h4-8,17H,9-14H2,1-3H3,(H,21,25). The van der Waals surface area contributed by atoms with Crippen molar-refractivity contribution in [2.45, 2.75) is 33.2 Å². The molecule has 1 aromatic carbocycles. The molecule has 152 valence electrons. The van der Waals surface area contributed by atoms with E-state index >= 15 is 0 Å². The maximum atomic E-state index is 12.7. The van der Waals surface area contributed by atoms with Crippen LogP contribution >= 0.6 is 0 Å². The number of hydrogen-bond acceptors (Lipinski definition) is 4. The minimum absolute atomic E-state index is 0.111. The van der Waals surface area contributed by atoms with Gasteiger partial charge in [-0.25, -0.2) is 12.7 Å². The van der Waals surface area contributed by atoms with Gasteiger partial charge in [0.05, 0.1) is 24.1 Å². The third kappa shape index (κ3) is 4.80. The maximum Gasteiger partial charge on any atom is 0.255 e. The molecule has 28 heavy (non-hydrogen) atoms. The topological polar surface area (TPSA) is 84.3 Å². The van der Waals surface area contributed by atoms with Crippen molar-refractivity contribution in [2.75, 3.05) is 25.9 Å². The molecule has 0 unspecified atom stereocenters. The Kier molecular flexibility index (Phi) is 6.20. The zero-order valence-corrected chi connectivity index (χ0v) is 17.5. The zero-order valence-electron chi connectivity index (χ0n) is 16.7. The first kappa shape index (κ1) is 20.5. The molecule has 0 bridgehead atoms. The predicted molar refractivity (Wildman–Crippen MR) is 109 cm³/mol. The summed E-state index contributed by atoms with van der Waals surface area (Å²) in [5, 5.41) is 7.56. The van der Waals surface area contributed by atoms with Crippen LogP contribution in [0, 0.1) is 19.8 Å². The molecule has 7 nitrogen and oxygen atoms in total. The van der Waals surface area contributed by atoms with Crippen LogP contribution < -0.4 is 5.32 Å². The number of carbonyl (C=O) groups is 1. The number of piperidine rings is 1. The van der Waals surface area contributed by atoms with Gasteiger partial charge < -0.3 is 5.32 Å². The number of nitrogens with zero attached hydrogens (tertiary/aromatic N) is 3. The van der Waals surface area contributed by atoms with Crippen LogP contribution in [0.2, 0.25) is 0 Å². The Morgan fingerprint density at radius 1 is 1.18 bits per heavy atom. The molecule has 8 heteroatoms. The van der Waals surface area contributed by atoms with E-state index in [0.29, 0.717) is 37.7 Å². The van der Waals surface area contributed by atoms with Crippen LogP contribution in [0.5, 0.6) is 0 Å². The molecule has 3 rings (SSSR count). The van der Waals surface area contributed by atoms with Gasteiger partial charge in [0.2, 0.25) is 10.0 Å². The molecule has 1 fully saturated rings. The minimum Gasteiger partial charge on any atom is -0.352 e. The lowest BCUT2D eigenvalue weighted by Gasteiger charge is -2.30. The van der Waals surface area contributed by atoms with E-state index in [0.717, 1.165) is 29.8 Å².